The Kier molecular flexibility index (Phi) is 10.9. The number of benzene rings is 1. The number of ether oxygens (including phenoxy) is 1. The summed E-state index contributed by atoms with van der Waals surface area (Å²) in [5.74, 6) is 0.0758. The van der Waals surface area contributed by atoms with Gasteiger partial charge in [0.1, 0.15) is 11.6 Å². The van der Waals surface area contributed by atoms with E-state index >= 15 is 0 Å². The number of carbonyl (C=O) groups excluding carboxylic acids is 3. The third-order valence-electron chi connectivity index (χ3n) is 6.53. The Morgan fingerprint density at radius 3 is 2.24 bits per heavy atom. The summed E-state index contributed by atoms with van der Waals surface area (Å²) in [6.07, 6.45) is 7.85. The van der Waals surface area contributed by atoms with Crippen molar-refractivity contribution >= 4 is 28.9 Å². The predicted octanol–water partition coefficient (Wildman–Crippen LogP) is 4.61. The van der Waals surface area contributed by atoms with Crippen molar-refractivity contribution in [1.82, 2.24) is 19.8 Å². The molecule has 2 fully saturated rings. The van der Waals surface area contributed by atoms with E-state index < -0.39 is 6.04 Å². The van der Waals surface area contributed by atoms with Gasteiger partial charge in [-0.05, 0) is 57.2 Å². The van der Waals surface area contributed by atoms with E-state index in [1.54, 1.807) is 16.2 Å². The van der Waals surface area contributed by atoms with Crippen molar-refractivity contribution in [3.63, 3.8) is 0 Å². The normalized spacial score (nSPS) is 18.2. The van der Waals surface area contributed by atoms with E-state index in [4.69, 9.17) is 4.74 Å². The molecule has 1 atom stereocenters. The van der Waals surface area contributed by atoms with Crippen LogP contribution in [-0.2, 0) is 27.8 Å². The molecule has 0 bridgehead atoms. The first kappa shape index (κ1) is 30.1. The number of amides is 3. The molecule has 37 heavy (non-hydrogen) atoms. The smallest absolute Gasteiger partial charge is 0.407 e. The highest BCUT2D eigenvalue weighted by molar-refractivity contribution is 6.00. The van der Waals surface area contributed by atoms with Gasteiger partial charge in [0.25, 0.3) is 0 Å². The predicted molar refractivity (Wildman–Crippen MR) is 146 cm³/mol. The van der Waals surface area contributed by atoms with Crippen molar-refractivity contribution in [2.45, 2.75) is 97.6 Å². The summed E-state index contributed by atoms with van der Waals surface area (Å²) in [6.45, 7) is 9.47. The van der Waals surface area contributed by atoms with E-state index in [1.807, 2.05) is 40.7 Å². The minimum atomic E-state index is -0.618. The molecule has 2 heterocycles. The van der Waals surface area contributed by atoms with Crippen molar-refractivity contribution in [2.24, 2.45) is 13.0 Å². The molecule has 2 N–H and O–H groups in total. The number of hydrogen-bond donors (Lipinski definition) is 2. The summed E-state index contributed by atoms with van der Waals surface area (Å²) < 4.78 is 7.99. The Morgan fingerprint density at radius 2 is 1.70 bits per heavy atom. The van der Waals surface area contributed by atoms with Crippen LogP contribution in [0.2, 0.25) is 0 Å². The molecule has 9 nitrogen and oxygen atoms in total. The zero-order chi connectivity index (χ0) is 27.8. The average Bonchev–Trinajstić information content (AvgIpc) is 3.10. The van der Waals surface area contributed by atoms with E-state index in [0.717, 1.165) is 23.4 Å². The van der Waals surface area contributed by atoms with E-state index in [-0.39, 0.29) is 35.6 Å². The lowest BCUT2D eigenvalue weighted by atomic mass is 9.85. The molecule has 1 aliphatic carbocycles. The van der Waals surface area contributed by atoms with Gasteiger partial charge in [-0.15, -0.1) is 0 Å². The Bertz CT molecular complexity index is 1140. The number of hydrogen-bond acceptors (Lipinski definition) is 5. The number of alkyl carbamates (subject to hydrolysis) is 1. The number of nitrogens with zero attached hydrogens (tertiary/aromatic N) is 2. The largest absolute Gasteiger partial charge is 0.444 e. The fraction of sp³-hybridized carbons (Fsp3) is 0.643. The van der Waals surface area contributed by atoms with Crippen LogP contribution in [0.25, 0.3) is 11.0 Å². The molecule has 1 saturated heterocycles. The molecule has 1 aliphatic heterocycles. The molecular weight excluding hydrogens is 472 g/mol. The first-order valence-corrected chi connectivity index (χ1v) is 13.4. The number of fused-ring (bicyclic) bond motifs is 1. The van der Waals surface area contributed by atoms with Gasteiger partial charge in [-0.2, -0.15) is 0 Å². The quantitative estimate of drug-likeness (QED) is 0.579. The highest BCUT2D eigenvalue weighted by atomic mass is 16.6. The van der Waals surface area contributed by atoms with Crippen LogP contribution < -0.4 is 16.3 Å². The number of aromatic nitrogens is 2. The molecule has 9 heteroatoms. The highest BCUT2D eigenvalue weighted by Gasteiger charge is 2.31. The van der Waals surface area contributed by atoms with Crippen LogP contribution in [0.5, 0.6) is 0 Å². The van der Waals surface area contributed by atoms with E-state index in [2.05, 4.69) is 22.8 Å². The summed E-state index contributed by atoms with van der Waals surface area (Å²) in [7, 11) is 3.28. The number of aryl methyl sites for hydroxylation is 1. The van der Waals surface area contributed by atoms with E-state index in [0.29, 0.717) is 6.42 Å². The topological polar surface area (TPSA) is 111 Å². The van der Waals surface area contributed by atoms with Gasteiger partial charge < -0.3 is 10.1 Å². The van der Waals surface area contributed by atoms with Gasteiger partial charge in [0.2, 0.25) is 11.8 Å². The SMILES string of the molecule is CC.CNC(=O)OC(C)(C)C.Cn1c(=O)n(C2CCC(=O)NC2=O)c2ccc(CC3CCCCC3)cc21. The summed E-state index contributed by atoms with van der Waals surface area (Å²) >= 11 is 0. The maximum atomic E-state index is 12.8. The zero-order valence-electron chi connectivity index (χ0n) is 23.5. The Morgan fingerprint density at radius 1 is 1.05 bits per heavy atom. The molecule has 1 unspecified atom stereocenters. The summed E-state index contributed by atoms with van der Waals surface area (Å²) in [6, 6.07) is 5.51. The minimum absolute atomic E-state index is 0.204. The van der Waals surface area contributed by atoms with Gasteiger partial charge in [-0.25, -0.2) is 9.59 Å². The second-order valence-electron chi connectivity index (χ2n) is 10.5. The maximum Gasteiger partial charge on any atom is 0.407 e. The van der Waals surface area contributed by atoms with Crippen molar-refractivity contribution < 1.29 is 19.1 Å². The fourth-order valence-electron chi connectivity index (χ4n) is 4.82. The van der Waals surface area contributed by atoms with Crippen LogP contribution >= 0.6 is 0 Å². The number of carbonyl (C=O) groups is 3. The third kappa shape index (κ3) is 8.20. The molecular formula is C28H44N4O5. The van der Waals surface area contributed by atoms with Gasteiger partial charge in [0, 0.05) is 20.5 Å². The lowest BCUT2D eigenvalue weighted by molar-refractivity contribution is -0.135. The molecule has 1 aromatic heterocycles. The molecule has 2 aliphatic rings. The second-order valence-corrected chi connectivity index (χ2v) is 10.5. The molecule has 0 spiro atoms. The van der Waals surface area contributed by atoms with Gasteiger partial charge in [-0.1, -0.05) is 52.0 Å². The van der Waals surface area contributed by atoms with Gasteiger partial charge >= 0.3 is 11.8 Å². The molecule has 3 amide bonds. The van der Waals surface area contributed by atoms with E-state index in [1.165, 1.54) is 44.7 Å². The number of rotatable bonds is 3. The van der Waals surface area contributed by atoms with Crippen LogP contribution in [0.3, 0.4) is 0 Å². The highest BCUT2D eigenvalue weighted by Crippen LogP contribution is 2.29. The van der Waals surface area contributed by atoms with Crippen molar-refractivity contribution in [2.75, 3.05) is 7.05 Å². The van der Waals surface area contributed by atoms with Crippen LogP contribution in [0.1, 0.15) is 91.2 Å². The van der Waals surface area contributed by atoms with Crippen LogP contribution in [-0.4, -0.2) is 39.7 Å². The molecule has 2 aromatic rings. The monoisotopic (exact) mass is 516 g/mol. The van der Waals surface area contributed by atoms with Gasteiger partial charge in [0.15, 0.2) is 0 Å². The summed E-state index contributed by atoms with van der Waals surface area (Å²) in [5, 5.41) is 4.71. The van der Waals surface area contributed by atoms with Gasteiger partial charge in [0.05, 0.1) is 11.0 Å². The van der Waals surface area contributed by atoms with Crippen molar-refractivity contribution in [3.8, 4) is 0 Å². The number of piperidine rings is 1. The summed E-state index contributed by atoms with van der Waals surface area (Å²) in [4.78, 5) is 46.9. The lowest BCUT2D eigenvalue weighted by Gasteiger charge is -2.22. The molecule has 1 aromatic carbocycles. The van der Waals surface area contributed by atoms with Crippen molar-refractivity contribution in [1.29, 1.82) is 0 Å². The first-order valence-electron chi connectivity index (χ1n) is 13.4. The van der Waals surface area contributed by atoms with Crippen LogP contribution in [0.15, 0.2) is 23.0 Å². The Balaban J connectivity index is 0.000000374. The minimum Gasteiger partial charge on any atom is -0.444 e. The number of imidazole rings is 1. The standard InChI is InChI=1S/C20H25N3O3.C6H13NO2.C2H6/c1-22-17-12-14(11-13-5-3-2-4-6-13)7-8-15(17)23(20(22)26)16-9-10-18(24)21-19(16)25;1-6(2,3)9-5(8)7-4;1-2/h7-8,12-13,16H,2-6,9-11H2,1H3,(H,21,24,25);1-4H3,(H,7,8);1-2H3. The van der Waals surface area contributed by atoms with Gasteiger partial charge in [-0.3, -0.25) is 24.0 Å². The maximum absolute atomic E-state index is 12.8. The molecule has 4 rings (SSSR count). The molecule has 1 saturated carbocycles. The number of nitrogens with one attached hydrogen (secondary N) is 2. The lowest BCUT2D eigenvalue weighted by Crippen LogP contribution is -2.44. The molecule has 206 valence electrons. The number of imide groups is 1. The van der Waals surface area contributed by atoms with E-state index in [9.17, 15) is 19.2 Å². The molecule has 0 radical (unpaired) electrons. The Labute approximate surface area is 219 Å². The average molecular weight is 517 g/mol. The van der Waals surface area contributed by atoms with Crippen molar-refractivity contribution in [3.05, 3.63) is 34.2 Å². The van der Waals surface area contributed by atoms with Crippen LogP contribution in [0, 0.1) is 5.92 Å². The Hall–Kier alpha value is -3.10. The first-order chi connectivity index (χ1) is 17.5. The second kappa shape index (κ2) is 13.4. The fourth-order valence-corrected chi connectivity index (χ4v) is 4.82. The van der Waals surface area contributed by atoms with Crippen LogP contribution in [0.4, 0.5) is 4.79 Å². The third-order valence-corrected chi connectivity index (χ3v) is 6.53. The summed E-state index contributed by atoms with van der Waals surface area (Å²) in [5.41, 5.74) is 2.28. The zero-order valence-corrected chi connectivity index (χ0v) is 23.5.